The molecule has 1 N–H and O–H groups in total. The van der Waals surface area contributed by atoms with Crippen LogP contribution in [0.3, 0.4) is 0 Å². The standard InChI is InChI=1S/C23H17F2N3O/c1-15-20(14-26-27-19-11-9-18(25)10-12-19)21-4-2-3-13-28(21)22(15)23(29)16-5-7-17(24)8-6-16/h2-14,27H,1H3/b26-14-. The van der Waals surface area contributed by atoms with E-state index in [1.54, 1.807) is 22.7 Å². The van der Waals surface area contributed by atoms with E-state index in [0.717, 1.165) is 16.6 Å². The van der Waals surface area contributed by atoms with E-state index in [2.05, 4.69) is 10.5 Å². The Labute approximate surface area is 166 Å². The number of nitrogens with zero attached hydrogens (tertiary/aromatic N) is 2. The monoisotopic (exact) mass is 389 g/mol. The van der Waals surface area contributed by atoms with E-state index in [1.807, 2.05) is 31.3 Å². The van der Waals surface area contributed by atoms with Gasteiger partial charge in [0.25, 0.3) is 0 Å². The highest BCUT2D eigenvalue weighted by atomic mass is 19.1. The molecule has 0 bridgehead atoms. The average Bonchev–Trinajstić information content (AvgIpc) is 3.01. The Bertz CT molecular complexity index is 1210. The van der Waals surface area contributed by atoms with Gasteiger partial charge >= 0.3 is 0 Å². The van der Waals surface area contributed by atoms with Gasteiger partial charge in [0, 0.05) is 17.3 Å². The molecule has 4 aromatic rings. The molecule has 0 atom stereocenters. The van der Waals surface area contributed by atoms with E-state index in [0.29, 0.717) is 16.9 Å². The predicted octanol–water partition coefficient (Wildman–Crippen LogP) is 5.20. The minimum absolute atomic E-state index is 0.199. The molecule has 144 valence electrons. The minimum Gasteiger partial charge on any atom is -0.313 e. The van der Waals surface area contributed by atoms with Gasteiger partial charge in [0.15, 0.2) is 0 Å². The summed E-state index contributed by atoms with van der Waals surface area (Å²) in [5, 5.41) is 4.24. The first kappa shape index (κ1) is 18.6. The summed E-state index contributed by atoms with van der Waals surface area (Å²) >= 11 is 0. The van der Waals surface area contributed by atoms with Crippen LogP contribution in [0.25, 0.3) is 5.52 Å². The fourth-order valence-corrected chi connectivity index (χ4v) is 3.23. The third-order valence-electron chi connectivity index (χ3n) is 4.69. The number of benzene rings is 2. The smallest absolute Gasteiger partial charge is 0.210 e. The van der Waals surface area contributed by atoms with Crippen molar-refractivity contribution in [2.45, 2.75) is 6.92 Å². The molecule has 2 aromatic heterocycles. The number of rotatable bonds is 5. The number of carbonyl (C=O) groups excluding carboxylic acids is 1. The predicted molar refractivity (Wildman–Crippen MR) is 110 cm³/mol. The largest absolute Gasteiger partial charge is 0.313 e. The number of ketones is 1. The highest BCUT2D eigenvalue weighted by Gasteiger charge is 2.20. The second-order valence-electron chi connectivity index (χ2n) is 6.56. The van der Waals surface area contributed by atoms with E-state index >= 15 is 0 Å². The molecule has 2 aromatic carbocycles. The fourth-order valence-electron chi connectivity index (χ4n) is 3.23. The van der Waals surface area contributed by atoms with Crippen LogP contribution in [-0.4, -0.2) is 16.4 Å². The van der Waals surface area contributed by atoms with Gasteiger partial charge in [-0.25, -0.2) is 8.78 Å². The van der Waals surface area contributed by atoms with Crippen molar-refractivity contribution in [2.75, 3.05) is 5.43 Å². The van der Waals surface area contributed by atoms with Gasteiger partial charge < -0.3 is 4.40 Å². The van der Waals surface area contributed by atoms with Gasteiger partial charge in [0.1, 0.15) is 11.6 Å². The van der Waals surface area contributed by atoms with Crippen LogP contribution in [0.4, 0.5) is 14.5 Å². The lowest BCUT2D eigenvalue weighted by molar-refractivity contribution is 0.103. The van der Waals surface area contributed by atoms with Gasteiger partial charge in [0.05, 0.1) is 23.1 Å². The van der Waals surface area contributed by atoms with Crippen molar-refractivity contribution in [3.05, 3.63) is 107 Å². The molecule has 0 aliphatic heterocycles. The number of hydrogen-bond donors (Lipinski definition) is 1. The zero-order chi connectivity index (χ0) is 20.4. The molecule has 0 amide bonds. The van der Waals surface area contributed by atoms with Crippen LogP contribution in [0, 0.1) is 18.6 Å². The zero-order valence-corrected chi connectivity index (χ0v) is 15.6. The molecule has 0 spiro atoms. The number of carbonyl (C=O) groups is 1. The molecule has 0 aliphatic rings. The summed E-state index contributed by atoms with van der Waals surface area (Å²) < 4.78 is 28.1. The molecule has 0 aliphatic carbocycles. The van der Waals surface area contributed by atoms with Crippen molar-refractivity contribution < 1.29 is 13.6 Å². The van der Waals surface area contributed by atoms with Crippen LogP contribution < -0.4 is 5.43 Å². The molecular weight excluding hydrogens is 372 g/mol. The summed E-state index contributed by atoms with van der Waals surface area (Å²) in [6.45, 7) is 1.85. The van der Waals surface area contributed by atoms with Crippen LogP contribution in [-0.2, 0) is 0 Å². The van der Waals surface area contributed by atoms with Crippen molar-refractivity contribution in [3.63, 3.8) is 0 Å². The third kappa shape index (κ3) is 3.65. The normalized spacial score (nSPS) is 11.3. The number of aromatic nitrogens is 1. The number of halogens is 2. The van der Waals surface area contributed by atoms with Crippen LogP contribution >= 0.6 is 0 Å². The summed E-state index contributed by atoms with van der Waals surface area (Å²) in [5.41, 5.74) is 6.77. The summed E-state index contributed by atoms with van der Waals surface area (Å²) in [5.74, 6) is -0.912. The third-order valence-corrected chi connectivity index (χ3v) is 4.69. The topological polar surface area (TPSA) is 45.9 Å². The summed E-state index contributed by atoms with van der Waals surface area (Å²) in [7, 11) is 0. The lowest BCUT2D eigenvalue weighted by atomic mass is 10.0. The summed E-state index contributed by atoms with van der Waals surface area (Å²) in [6.07, 6.45) is 3.44. The molecule has 0 radical (unpaired) electrons. The quantitative estimate of drug-likeness (QED) is 0.290. The number of hydrogen-bond acceptors (Lipinski definition) is 3. The molecule has 4 nitrogen and oxygen atoms in total. The van der Waals surface area contributed by atoms with Crippen molar-refractivity contribution in [1.29, 1.82) is 0 Å². The Hall–Kier alpha value is -3.80. The van der Waals surface area contributed by atoms with Crippen molar-refractivity contribution in [2.24, 2.45) is 5.10 Å². The molecule has 29 heavy (non-hydrogen) atoms. The average molecular weight is 389 g/mol. The molecular formula is C23H17F2N3O. The first-order valence-electron chi connectivity index (χ1n) is 8.99. The second kappa shape index (κ2) is 7.67. The van der Waals surface area contributed by atoms with Crippen molar-refractivity contribution in [3.8, 4) is 0 Å². The molecule has 0 saturated heterocycles. The Kier molecular flexibility index (Phi) is 4.91. The van der Waals surface area contributed by atoms with Crippen molar-refractivity contribution in [1.82, 2.24) is 4.40 Å². The molecule has 2 heterocycles. The Morgan fingerprint density at radius 1 is 0.966 bits per heavy atom. The van der Waals surface area contributed by atoms with Gasteiger partial charge in [-0.05, 0) is 73.2 Å². The van der Waals surface area contributed by atoms with Gasteiger partial charge in [0.2, 0.25) is 5.78 Å². The lowest BCUT2D eigenvalue weighted by Crippen LogP contribution is -2.07. The maximum absolute atomic E-state index is 13.2. The van der Waals surface area contributed by atoms with E-state index in [4.69, 9.17) is 0 Å². The van der Waals surface area contributed by atoms with E-state index in [-0.39, 0.29) is 11.6 Å². The Morgan fingerprint density at radius 2 is 1.62 bits per heavy atom. The first-order chi connectivity index (χ1) is 14.0. The maximum Gasteiger partial charge on any atom is 0.210 e. The lowest BCUT2D eigenvalue weighted by Gasteiger charge is -2.04. The van der Waals surface area contributed by atoms with Crippen LogP contribution in [0.1, 0.15) is 27.2 Å². The fraction of sp³-hybridized carbons (Fsp3) is 0.0435. The zero-order valence-electron chi connectivity index (χ0n) is 15.6. The summed E-state index contributed by atoms with van der Waals surface area (Å²) in [4.78, 5) is 13.1. The Morgan fingerprint density at radius 3 is 2.31 bits per heavy atom. The summed E-state index contributed by atoms with van der Waals surface area (Å²) in [6, 6.07) is 17.0. The Balaban J connectivity index is 1.72. The maximum atomic E-state index is 13.2. The van der Waals surface area contributed by atoms with Crippen LogP contribution in [0.2, 0.25) is 0 Å². The van der Waals surface area contributed by atoms with Crippen LogP contribution in [0.5, 0.6) is 0 Å². The number of hydrazone groups is 1. The molecule has 6 heteroatoms. The van der Waals surface area contributed by atoms with E-state index in [9.17, 15) is 13.6 Å². The second-order valence-corrected chi connectivity index (χ2v) is 6.56. The highest BCUT2D eigenvalue weighted by Crippen LogP contribution is 2.24. The molecule has 0 fully saturated rings. The van der Waals surface area contributed by atoms with Gasteiger partial charge in [-0.1, -0.05) is 6.07 Å². The number of anilines is 1. The van der Waals surface area contributed by atoms with Crippen molar-refractivity contribution >= 4 is 23.2 Å². The van der Waals surface area contributed by atoms with E-state index in [1.165, 1.54) is 36.4 Å². The highest BCUT2D eigenvalue weighted by molar-refractivity contribution is 6.11. The van der Waals surface area contributed by atoms with Crippen LogP contribution in [0.15, 0.2) is 78.0 Å². The van der Waals surface area contributed by atoms with Gasteiger partial charge in [-0.3, -0.25) is 10.2 Å². The van der Waals surface area contributed by atoms with Gasteiger partial charge in [-0.15, -0.1) is 0 Å². The minimum atomic E-state index is -0.391. The number of pyridine rings is 1. The SMILES string of the molecule is Cc1c(/C=N\Nc2ccc(F)cc2)c2ccccn2c1C(=O)c1ccc(F)cc1. The molecule has 4 rings (SSSR count). The van der Waals surface area contributed by atoms with Gasteiger partial charge in [-0.2, -0.15) is 5.10 Å². The number of nitrogens with one attached hydrogen (secondary N) is 1. The van der Waals surface area contributed by atoms with E-state index < -0.39 is 5.82 Å². The molecule has 0 unspecified atom stereocenters. The molecule has 0 saturated carbocycles. The number of fused-ring (bicyclic) bond motifs is 1. The first-order valence-corrected chi connectivity index (χ1v) is 8.99.